The van der Waals surface area contributed by atoms with Crippen LogP contribution in [0.15, 0.2) is 18.2 Å². The molecule has 0 aliphatic heterocycles. The van der Waals surface area contributed by atoms with E-state index in [4.69, 9.17) is 5.73 Å². The van der Waals surface area contributed by atoms with Crippen LogP contribution in [-0.2, 0) is 13.1 Å². The lowest BCUT2D eigenvalue weighted by Crippen LogP contribution is -2.10. The molecule has 0 atom stereocenters. The Kier molecular flexibility index (Phi) is 4.22. The van der Waals surface area contributed by atoms with Crippen LogP contribution in [0.25, 0.3) is 0 Å². The van der Waals surface area contributed by atoms with Gasteiger partial charge in [0.1, 0.15) is 17.5 Å². The maximum Gasteiger partial charge on any atom is 0.148 e. The van der Waals surface area contributed by atoms with E-state index in [-0.39, 0.29) is 12.1 Å². The van der Waals surface area contributed by atoms with Crippen molar-refractivity contribution in [3.05, 3.63) is 41.1 Å². The van der Waals surface area contributed by atoms with E-state index < -0.39 is 11.6 Å². The number of halogens is 2. The Morgan fingerprint density at radius 2 is 2.10 bits per heavy atom. The number of nitrogens with zero attached hydrogens (tertiary/aromatic N) is 2. The summed E-state index contributed by atoms with van der Waals surface area (Å²) in [6.07, 6.45) is 0.906. The standard InChI is InChI=1S/C14H18F2N4/c1-3-6-20-14(13(17)9(2)19-20)18-8-10-7-11(15)4-5-12(10)16/h4-5,7,18H,3,6,8,17H2,1-2H3. The third kappa shape index (κ3) is 2.89. The summed E-state index contributed by atoms with van der Waals surface area (Å²) in [6.45, 7) is 4.72. The highest BCUT2D eigenvalue weighted by atomic mass is 19.1. The molecule has 3 N–H and O–H groups in total. The van der Waals surface area contributed by atoms with Crippen LogP contribution >= 0.6 is 0 Å². The number of rotatable bonds is 5. The number of anilines is 2. The highest BCUT2D eigenvalue weighted by molar-refractivity contribution is 5.64. The minimum Gasteiger partial charge on any atom is -0.394 e. The lowest BCUT2D eigenvalue weighted by molar-refractivity contribution is 0.584. The second-order valence-electron chi connectivity index (χ2n) is 4.66. The van der Waals surface area contributed by atoms with E-state index in [2.05, 4.69) is 10.4 Å². The third-order valence-electron chi connectivity index (χ3n) is 3.06. The molecule has 1 aromatic carbocycles. The number of hydrogen-bond acceptors (Lipinski definition) is 3. The van der Waals surface area contributed by atoms with Crippen molar-refractivity contribution in [1.29, 1.82) is 0 Å². The van der Waals surface area contributed by atoms with E-state index >= 15 is 0 Å². The van der Waals surface area contributed by atoms with Gasteiger partial charge in [0.05, 0.1) is 11.4 Å². The molecule has 0 saturated heterocycles. The monoisotopic (exact) mass is 280 g/mol. The van der Waals surface area contributed by atoms with Gasteiger partial charge < -0.3 is 11.1 Å². The number of hydrogen-bond donors (Lipinski definition) is 2. The molecule has 0 aliphatic rings. The largest absolute Gasteiger partial charge is 0.394 e. The minimum absolute atomic E-state index is 0.155. The Morgan fingerprint density at radius 1 is 1.35 bits per heavy atom. The lowest BCUT2D eigenvalue weighted by atomic mass is 10.2. The molecule has 1 aromatic heterocycles. The van der Waals surface area contributed by atoms with Gasteiger partial charge in [-0.05, 0) is 31.5 Å². The average Bonchev–Trinajstić information content (AvgIpc) is 2.67. The van der Waals surface area contributed by atoms with Crippen molar-refractivity contribution in [3.8, 4) is 0 Å². The number of benzene rings is 1. The third-order valence-corrected chi connectivity index (χ3v) is 3.06. The summed E-state index contributed by atoms with van der Waals surface area (Å²) >= 11 is 0. The first-order chi connectivity index (χ1) is 9.52. The fourth-order valence-corrected chi connectivity index (χ4v) is 2.01. The quantitative estimate of drug-likeness (QED) is 0.885. The maximum absolute atomic E-state index is 13.6. The van der Waals surface area contributed by atoms with Gasteiger partial charge in [-0.25, -0.2) is 13.5 Å². The molecule has 4 nitrogen and oxygen atoms in total. The molecule has 2 rings (SSSR count). The molecule has 0 fully saturated rings. The second kappa shape index (κ2) is 5.90. The van der Waals surface area contributed by atoms with Gasteiger partial charge in [-0.15, -0.1) is 0 Å². The van der Waals surface area contributed by atoms with Gasteiger partial charge >= 0.3 is 0 Å². The number of nitrogen functional groups attached to an aromatic ring is 1. The Morgan fingerprint density at radius 3 is 2.80 bits per heavy atom. The molecule has 2 aromatic rings. The molecule has 1 heterocycles. The molecule has 0 bridgehead atoms. The number of nitrogens with one attached hydrogen (secondary N) is 1. The van der Waals surface area contributed by atoms with Gasteiger partial charge in [0.15, 0.2) is 0 Å². The van der Waals surface area contributed by atoms with E-state index in [1.807, 2.05) is 13.8 Å². The summed E-state index contributed by atoms with van der Waals surface area (Å²) in [7, 11) is 0. The summed E-state index contributed by atoms with van der Waals surface area (Å²) in [5, 5.41) is 7.35. The predicted octanol–water partition coefficient (Wildman–Crippen LogP) is 3.07. The van der Waals surface area contributed by atoms with Crippen LogP contribution in [0.3, 0.4) is 0 Å². The van der Waals surface area contributed by atoms with Crippen molar-refractivity contribution in [2.45, 2.75) is 33.4 Å². The second-order valence-corrected chi connectivity index (χ2v) is 4.66. The SMILES string of the molecule is CCCn1nc(C)c(N)c1NCc1cc(F)ccc1F. The highest BCUT2D eigenvalue weighted by Gasteiger charge is 2.12. The number of aromatic nitrogens is 2. The lowest BCUT2D eigenvalue weighted by Gasteiger charge is -2.10. The van der Waals surface area contributed by atoms with Crippen LogP contribution in [0, 0.1) is 18.6 Å². The zero-order valence-electron chi connectivity index (χ0n) is 11.6. The fraction of sp³-hybridized carbons (Fsp3) is 0.357. The average molecular weight is 280 g/mol. The molecule has 108 valence electrons. The van der Waals surface area contributed by atoms with E-state index in [1.54, 1.807) is 4.68 Å². The first-order valence-electron chi connectivity index (χ1n) is 6.53. The van der Waals surface area contributed by atoms with Gasteiger partial charge in [-0.3, -0.25) is 0 Å². The van der Waals surface area contributed by atoms with E-state index in [0.29, 0.717) is 18.1 Å². The molecular weight excluding hydrogens is 262 g/mol. The van der Waals surface area contributed by atoms with Gasteiger partial charge in [0.2, 0.25) is 0 Å². The van der Waals surface area contributed by atoms with Gasteiger partial charge in [-0.1, -0.05) is 6.92 Å². The van der Waals surface area contributed by atoms with Gasteiger partial charge in [0, 0.05) is 18.7 Å². The molecule has 20 heavy (non-hydrogen) atoms. The van der Waals surface area contributed by atoms with Crippen LogP contribution in [0.4, 0.5) is 20.3 Å². The molecular formula is C14H18F2N4. The van der Waals surface area contributed by atoms with Crippen molar-refractivity contribution < 1.29 is 8.78 Å². The van der Waals surface area contributed by atoms with Crippen LogP contribution < -0.4 is 11.1 Å². The van der Waals surface area contributed by atoms with Gasteiger partial charge in [-0.2, -0.15) is 5.10 Å². The molecule has 0 radical (unpaired) electrons. The smallest absolute Gasteiger partial charge is 0.148 e. The molecule has 0 amide bonds. The normalized spacial score (nSPS) is 10.8. The molecule has 6 heteroatoms. The first-order valence-corrected chi connectivity index (χ1v) is 6.53. The van der Waals surface area contributed by atoms with Crippen molar-refractivity contribution >= 4 is 11.5 Å². The highest BCUT2D eigenvalue weighted by Crippen LogP contribution is 2.23. The summed E-state index contributed by atoms with van der Waals surface area (Å²) in [6, 6.07) is 3.38. The van der Waals surface area contributed by atoms with Crippen LogP contribution in [-0.4, -0.2) is 9.78 Å². The Hall–Kier alpha value is -2.11. The molecule has 0 aliphatic carbocycles. The Labute approximate surface area is 116 Å². The van der Waals surface area contributed by atoms with E-state index in [9.17, 15) is 8.78 Å². The summed E-state index contributed by atoms with van der Waals surface area (Å²) in [5.41, 5.74) is 7.47. The van der Waals surface area contributed by atoms with Crippen molar-refractivity contribution in [1.82, 2.24) is 9.78 Å². The first kappa shape index (κ1) is 14.3. The summed E-state index contributed by atoms with van der Waals surface area (Å²) in [4.78, 5) is 0. The van der Waals surface area contributed by atoms with E-state index in [0.717, 1.165) is 24.2 Å². The zero-order chi connectivity index (χ0) is 14.7. The predicted molar refractivity (Wildman–Crippen MR) is 75.4 cm³/mol. The van der Waals surface area contributed by atoms with E-state index in [1.165, 1.54) is 6.07 Å². The Bertz CT molecular complexity index is 607. The van der Waals surface area contributed by atoms with Crippen molar-refractivity contribution in [3.63, 3.8) is 0 Å². The number of aryl methyl sites for hydroxylation is 2. The zero-order valence-corrected chi connectivity index (χ0v) is 11.6. The fourth-order valence-electron chi connectivity index (χ4n) is 2.01. The minimum atomic E-state index is -0.464. The topological polar surface area (TPSA) is 55.9 Å². The van der Waals surface area contributed by atoms with Crippen LogP contribution in [0.1, 0.15) is 24.6 Å². The molecule has 0 unspecified atom stereocenters. The molecule has 0 spiro atoms. The van der Waals surface area contributed by atoms with Crippen molar-refractivity contribution in [2.75, 3.05) is 11.1 Å². The van der Waals surface area contributed by atoms with Crippen molar-refractivity contribution in [2.24, 2.45) is 0 Å². The Balaban J connectivity index is 2.20. The van der Waals surface area contributed by atoms with Crippen LogP contribution in [0.5, 0.6) is 0 Å². The molecule has 0 saturated carbocycles. The number of nitrogens with two attached hydrogens (primary N) is 1. The summed E-state index contributed by atoms with van der Waals surface area (Å²) < 4.78 is 28.4. The van der Waals surface area contributed by atoms with Gasteiger partial charge in [0.25, 0.3) is 0 Å². The maximum atomic E-state index is 13.6. The summed E-state index contributed by atoms with van der Waals surface area (Å²) in [5.74, 6) is -0.266. The van der Waals surface area contributed by atoms with Crippen LogP contribution in [0.2, 0.25) is 0 Å².